The van der Waals surface area contributed by atoms with Crippen LogP contribution < -0.4 is 0 Å². The molecule has 0 N–H and O–H groups in total. The van der Waals surface area contributed by atoms with Gasteiger partial charge in [-0.25, -0.2) is 4.79 Å². The molecule has 6 heteroatoms. The Labute approximate surface area is 119 Å². The molecule has 20 heavy (non-hydrogen) atoms. The van der Waals surface area contributed by atoms with Gasteiger partial charge in [-0.3, -0.25) is 10.1 Å². The number of nitro groups is 1. The van der Waals surface area contributed by atoms with Crippen molar-refractivity contribution in [2.75, 3.05) is 7.11 Å². The maximum Gasteiger partial charge on any atom is 0.339 e. The summed E-state index contributed by atoms with van der Waals surface area (Å²) in [6.07, 6.45) is 0. The maximum atomic E-state index is 11.7. The van der Waals surface area contributed by atoms with Crippen LogP contribution in [0.2, 0.25) is 0 Å². The standard InChI is InChI=1S/C14H11NO4S/c1-19-14(16)10-6-2-4-8-12(10)20-13-9-5-3-7-11(13)15(17)18/h2-9H,1H3/i14+2. The van der Waals surface area contributed by atoms with Gasteiger partial charge in [-0.15, -0.1) is 0 Å². The highest BCUT2D eigenvalue weighted by Crippen LogP contribution is 2.36. The lowest BCUT2D eigenvalue weighted by atomic mass is 10.3. The fraction of sp³-hybridized carbons (Fsp3) is 0.0714. The van der Waals surface area contributed by atoms with Crippen molar-refractivity contribution < 1.29 is 14.5 Å². The van der Waals surface area contributed by atoms with Gasteiger partial charge in [-0.2, -0.15) is 0 Å². The van der Waals surface area contributed by atoms with E-state index in [4.69, 9.17) is 4.74 Å². The molecule has 0 aliphatic carbocycles. The van der Waals surface area contributed by atoms with Gasteiger partial charge in [0.15, 0.2) is 0 Å². The first-order chi connectivity index (χ1) is 9.63. The highest BCUT2D eigenvalue weighted by atomic mass is 32.2. The van der Waals surface area contributed by atoms with E-state index in [0.717, 1.165) is 0 Å². The SMILES string of the molecule is CO[14C](=O)c1ccccc1Sc1ccccc1[N+](=O)[O-]. The second kappa shape index (κ2) is 6.21. The van der Waals surface area contributed by atoms with Gasteiger partial charge >= 0.3 is 5.97 Å². The summed E-state index contributed by atoms with van der Waals surface area (Å²) in [5.74, 6) is -0.466. The molecule has 0 saturated heterocycles. The lowest BCUT2D eigenvalue weighted by Gasteiger charge is -2.07. The molecule has 0 amide bonds. The number of esters is 1. The Kier molecular flexibility index (Phi) is 4.37. The van der Waals surface area contributed by atoms with Crippen molar-refractivity contribution in [3.8, 4) is 0 Å². The summed E-state index contributed by atoms with van der Waals surface area (Å²) in [6, 6.07) is 13.3. The Morgan fingerprint density at radius 2 is 1.70 bits per heavy atom. The lowest BCUT2D eigenvalue weighted by molar-refractivity contribution is -0.387. The van der Waals surface area contributed by atoms with Gasteiger partial charge in [-0.1, -0.05) is 36.0 Å². The summed E-state index contributed by atoms with van der Waals surface area (Å²) < 4.78 is 4.71. The number of carbonyl (C=O) groups is 1. The average molecular weight is 291 g/mol. The second-order valence-electron chi connectivity index (χ2n) is 3.81. The Morgan fingerprint density at radius 3 is 2.35 bits per heavy atom. The highest BCUT2D eigenvalue weighted by Gasteiger charge is 2.17. The van der Waals surface area contributed by atoms with Crippen LogP contribution in [0.15, 0.2) is 58.3 Å². The number of para-hydroxylation sites is 1. The molecular formula is C14H11NO4S. The first-order valence-electron chi connectivity index (χ1n) is 5.72. The van der Waals surface area contributed by atoms with Gasteiger partial charge in [0.2, 0.25) is 0 Å². The molecule has 0 radical (unpaired) electrons. The lowest BCUT2D eigenvalue weighted by Crippen LogP contribution is -2.02. The fourth-order valence-corrected chi connectivity index (χ4v) is 2.69. The van der Waals surface area contributed by atoms with E-state index < -0.39 is 10.9 Å². The van der Waals surface area contributed by atoms with Crippen LogP contribution in [0.1, 0.15) is 10.4 Å². The molecule has 0 bridgehead atoms. The number of hydrogen-bond donors (Lipinski definition) is 0. The van der Waals surface area contributed by atoms with E-state index in [2.05, 4.69) is 0 Å². The highest BCUT2D eigenvalue weighted by molar-refractivity contribution is 7.99. The topological polar surface area (TPSA) is 69.4 Å². The van der Waals surface area contributed by atoms with E-state index in [-0.39, 0.29) is 5.69 Å². The minimum atomic E-state index is -0.466. The maximum absolute atomic E-state index is 11.7. The van der Waals surface area contributed by atoms with Crippen molar-refractivity contribution in [1.29, 1.82) is 0 Å². The number of nitrogens with zero attached hydrogens (tertiary/aromatic N) is 1. The third-order valence-electron chi connectivity index (χ3n) is 2.57. The van der Waals surface area contributed by atoms with Gasteiger partial charge < -0.3 is 4.74 Å². The molecular weight excluding hydrogens is 280 g/mol. The van der Waals surface area contributed by atoms with Crippen LogP contribution in [0, 0.1) is 10.1 Å². The second-order valence-corrected chi connectivity index (χ2v) is 4.90. The third kappa shape index (κ3) is 2.97. The quantitative estimate of drug-likeness (QED) is 0.489. The van der Waals surface area contributed by atoms with Crippen LogP contribution in [-0.2, 0) is 4.74 Å². The summed E-state index contributed by atoms with van der Waals surface area (Å²) in [7, 11) is 1.30. The van der Waals surface area contributed by atoms with Crippen LogP contribution >= 0.6 is 11.8 Å². The number of rotatable bonds is 4. The minimum absolute atomic E-state index is 0.0113. The van der Waals surface area contributed by atoms with Crippen molar-refractivity contribution in [3.63, 3.8) is 0 Å². The van der Waals surface area contributed by atoms with Crippen LogP contribution in [0.3, 0.4) is 0 Å². The van der Waals surface area contributed by atoms with Gasteiger partial charge in [0.25, 0.3) is 5.69 Å². The Bertz CT molecular complexity index is 657. The number of hydrogen-bond acceptors (Lipinski definition) is 5. The van der Waals surface area contributed by atoms with Crippen molar-refractivity contribution >= 4 is 23.4 Å². The monoisotopic (exact) mass is 291 g/mol. The predicted molar refractivity (Wildman–Crippen MR) is 75.0 cm³/mol. The molecule has 0 atom stereocenters. The van der Waals surface area contributed by atoms with Crippen molar-refractivity contribution in [2.24, 2.45) is 0 Å². The molecule has 0 aromatic heterocycles. The summed E-state index contributed by atoms with van der Waals surface area (Å²) in [6.45, 7) is 0. The summed E-state index contributed by atoms with van der Waals surface area (Å²) >= 11 is 1.17. The smallest absolute Gasteiger partial charge is 0.339 e. The largest absolute Gasteiger partial charge is 0.465 e. The van der Waals surface area contributed by atoms with E-state index in [9.17, 15) is 14.9 Å². The van der Waals surface area contributed by atoms with Crippen molar-refractivity contribution in [3.05, 3.63) is 64.2 Å². The van der Waals surface area contributed by atoms with Crippen LogP contribution in [-0.4, -0.2) is 18.0 Å². The molecule has 0 unspecified atom stereocenters. The number of benzene rings is 2. The summed E-state index contributed by atoms with van der Waals surface area (Å²) in [5, 5.41) is 11.0. The van der Waals surface area contributed by atoms with E-state index in [1.165, 1.54) is 24.9 Å². The van der Waals surface area contributed by atoms with E-state index >= 15 is 0 Å². The van der Waals surface area contributed by atoms with Crippen molar-refractivity contribution in [2.45, 2.75) is 9.79 Å². The minimum Gasteiger partial charge on any atom is -0.465 e. The number of nitro benzene ring substituents is 1. The Hall–Kier alpha value is -2.34. The normalized spacial score (nSPS) is 10.1. The Morgan fingerprint density at radius 1 is 1.10 bits per heavy atom. The number of ether oxygens (including phenoxy) is 1. The molecule has 102 valence electrons. The van der Waals surface area contributed by atoms with Crippen LogP contribution in [0.25, 0.3) is 0 Å². The number of methoxy groups -OCH3 is 1. The molecule has 0 heterocycles. The fourth-order valence-electron chi connectivity index (χ4n) is 1.65. The Balaban J connectivity index is 2.41. The van der Waals surface area contributed by atoms with Crippen LogP contribution in [0.4, 0.5) is 5.69 Å². The van der Waals surface area contributed by atoms with E-state index in [1.807, 2.05) is 0 Å². The molecule has 2 aromatic carbocycles. The molecule has 0 fully saturated rings. The predicted octanol–water partition coefficient (Wildman–Crippen LogP) is 3.53. The van der Waals surface area contributed by atoms with Crippen LogP contribution in [0.5, 0.6) is 0 Å². The van der Waals surface area contributed by atoms with E-state index in [0.29, 0.717) is 15.4 Å². The van der Waals surface area contributed by atoms with Gasteiger partial charge in [0.1, 0.15) is 0 Å². The third-order valence-corrected chi connectivity index (χ3v) is 3.72. The van der Waals surface area contributed by atoms with Gasteiger partial charge in [0.05, 0.1) is 22.5 Å². The molecule has 2 rings (SSSR count). The molecule has 0 aliphatic rings. The molecule has 0 spiro atoms. The first-order valence-corrected chi connectivity index (χ1v) is 6.53. The summed E-state index contributed by atoms with van der Waals surface area (Å²) in [4.78, 5) is 23.3. The first kappa shape index (κ1) is 14.1. The van der Waals surface area contributed by atoms with Gasteiger partial charge in [0, 0.05) is 11.0 Å². The number of carbonyl (C=O) groups excluding carboxylic acids is 1. The molecule has 2 aromatic rings. The van der Waals surface area contributed by atoms with Crippen molar-refractivity contribution in [1.82, 2.24) is 0 Å². The molecule has 0 aliphatic heterocycles. The summed E-state index contributed by atoms with van der Waals surface area (Å²) in [5.41, 5.74) is 0.398. The van der Waals surface area contributed by atoms with E-state index in [1.54, 1.807) is 42.5 Å². The zero-order valence-electron chi connectivity index (χ0n) is 10.6. The zero-order chi connectivity index (χ0) is 14.5. The average Bonchev–Trinajstić information content (AvgIpc) is 2.47. The van der Waals surface area contributed by atoms with Gasteiger partial charge in [-0.05, 0) is 18.2 Å². The molecule has 5 nitrogen and oxygen atoms in total. The molecule has 0 saturated carbocycles. The zero-order valence-corrected chi connectivity index (χ0v) is 11.4.